The molecule has 1 aromatic carbocycles. The summed E-state index contributed by atoms with van der Waals surface area (Å²) in [6.45, 7) is 8.07. The lowest BCUT2D eigenvalue weighted by molar-refractivity contribution is -0.119. The number of nitrogens with zero attached hydrogens (tertiary/aromatic N) is 3. The quantitative estimate of drug-likeness (QED) is 0.627. The first-order valence-electron chi connectivity index (χ1n) is 11.5. The SMILES string of the molecule is CC(C)(C)c1ccc(-c2nnc(SCC(=O)NC[C@@H]3CCCO3)n2C2CCCC2)cc1. The van der Waals surface area contributed by atoms with Gasteiger partial charge in [-0.2, -0.15) is 0 Å². The zero-order valence-corrected chi connectivity index (χ0v) is 19.7. The number of benzene rings is 1. The van der Waals surface area contributed by atoms with Crippen molar-refractivity contribution in [3.8, 4) is 11.4 Å². The fourth-order valence-electron chi connectivity index (χ4n) is 4.40. The lowest BCUT2D eigenvalue weighted by Crippen LogP contribution is -2.33. The topological polar surface area (TPSA) is 69.0 Å². The van der Waals surface area contributed by atoms with Crippen LogP contribution in [0.5, 0.6) is 0 Å². The van der Waals surface area contributed by atoms with Crippen LogP contribution in [-0.4, -0.2) is 45.7 Å². The molecule has 1 N–H and O–H groups in total. The maximum atomic E-state index is 12.4. The van der Waals surface area contributed by atoms with E-state index in [-0.39, 0.29) is 17.4 Å². The minimum absolute atomic E-state index is 0.0255. The highest BCUT2D eigenvalue weighted by molar-refractivity contribution is 7.99. The lowest BCUT2D eigenvalue weighted by atomic mass is 9.86. The molecule has 1 atom stereocenters. The van der Waals surface area contributed by atoms with Gasteiger partial charge < -0.3 is 10.1 Å². The number of rotatable bonds is 7. The summed E-state index contributed by atoms with van der Waals surface area (Å²) < 4.78 is 7.86. The third-order valence-corrected chi connectivity index (χ3v) is 7.19. The minimum atomic E-state index is 0.0255. The van der Waals surface area contributed by atoms with Crippen LogP contribution < -0.4 is 5.32 Å². The molecule has 0 bridgehead atoms. The molecule has 1 amide bonds. The number of ether oxygens (including phenoxy) is 1. The Kier molecular flexibility index (Phi) is 7.02. The standard InChI is InChI=1S/C24H34N4O2S/c1-24(2,3)18-12-10-17(11-13-18)22-26-27-23(28(22)19-7-4-5-8-19)31-16-21(29)25-15-20-9-6-14-30-20/h10-13,19-20H,4-9,14-16H2,1-3H3,(H,25,29)/t20-/m0/s1. The number of nitrogens with one attached hydrogen (secondary N) is 1. The van der Waals surface area contributed by atoms with E-state index in [9.17, 15) is 4.79 Å². The minimum Gasteiger partial charge on any atom is -0.376 e. The number of thioether (sulfide) groups is 1. The van der Waals surface area contributed by atoms with Crippen molar-refractivity contribution in [2.24, 2.45) is 0 Å². The number of hydrogen-bond acceptors (Lipinski definition) is 5. The molecule has 31 heavy (non-hydrogen) atoms. The molecule has 2 fully saturated rings. The van der Waals surface area contributed by atoms with E-state index in [2.05, 4.69) is 65.1 Å². The second-order valence-electron chi connectivity index (χ2n) is 9.67. The van der Waals surface area contributed by atoms with Crippen LogP contribution in [0.2, 0.25) is 0 Å². The Morgan fingerprint density at radius 2 is 1.87 bits per heavy atom. The van der Waals surface area contributed by atoms with Crippen molar-refractivity contribution in [2.75, 3.05) is 18.9 Å². The summed E-state index contributed by atoms with van der Waals surface area (Å²) in [5.41, 5.74) is 2.51. The summed E-state index contributed by atoms with van der Waals surface area (Å²) in [5.74, 6) is 1.28. The number of carbonyl (C=O) groups excluding carboxylic acids is 1. The van der Waals surface area contributed by atoms with E-state index in [1.54, 1.807) is 0 Å². The second kappa shape index (κ2) is 9.74. The molecule has 1 saturated heterocycles. The van der Waals surface area contributed by atoms with Gasteiger partial charge in [0.05, 0.1) is 11.9 Å². The highest BCUT2D eigenvalue weighted by Gasteiger charge is 2.26. The normalized spacial score (nSPS) is 19.8. The van der Waals surface area contributed by atoms with Crippen molar-refractivity contribution in [3.63, 3.8) is 0 Å². The number of carbonyl (C=O) groups is 1. The Hall–Kier alpha value is -1.86. The largest absolute Gasteiger partial charge is 0.376 e. The molecule has 1 aliphatic carbocycles. The summed E-state index contributed by atoms with van der Waals surface area (Å²) in [7, 11) is 0. The third-order valence-electron chi connectivity index (χ3n) is 6.25. The molecule has 1 saturated carbocycles. The number of amides is 1. The van der Waals surface area contributed by atoms with Gasteiger partial charge in [0.2, 0.25) is 5.91 Å². The maximum Gasteiger partial charge on any atom is 0.230 e. The fraction of sp³-hybridized carbons (Fsp3) is 0.625. The Labute approximate surface area is 189 Å². The number of aromatic nitrogens is 3. The van der Waals surface area contributed by atoms with Crippen molar-refractivity contribution in [3.05, 3.63) is 29.8 Å². The van der Waals surface area contributed by atoms with E-state index >= 15 is 0 Å². The summed E-state index contributed by atoms with van der Waals surface area (Å²) in [5, 5.41) is 12.9. The smallest absolute Gasteiger partial charge is 0.230 e. The van der Waals surface area contributed by atoms with Crippen molar-refractivity contribution in [1.82, 2.24) is 20.1 Å². The molecule has 168 valence electrons. The van der Waals surface area contributed by atoms with E-state index < -0.39 is 0 Å². The van der Waals surface area contributed by atoms with Gasteiger partial charge in [0, 0.05) is 24.8 Å². The molecular formula is C24H34N4O2S. The van der Waals surface area contributed by atoms with Crippen LogP contribution in [0.25, 0.3) is 11.4 Å². The van der Waals surface area contributed by atoms with Crippen LogP contribution in [0.1, 0.15) is 70.9 Å². The average Bonchev–Trinajstić information content (AvgIpc) is 3.51. The Morgan fingerprint density at radius 1 is 1.13 bits per heavy atom. The molecule has 2 aliphatic rings. The first kappa shape index (κ1) is 22.3. The first-order chi connectivity index (χ1) is 14.9. The molecule has 0 radical (unpaired) electrons. The Morgan fingerprint density at radius 3 is 2.52 bits per heavy atom. The summed E-state index contributed by atoms with van der Waals surface area (Å²) in [6, 6.07) is 9.09. The van der Waals surface area contributed by atoms with Crippen molar-refractivity contribution in [2.45, 2.75) is 82.0 Å². The first-order valence-corrected chi connectivity index (χ1v) is 12.5. The summed E-state index contributed by atoms with van der Waals surface area (Å²) in [6.07, 6.45) is 7.03. The van der Waals surface area contributed by atoms with Gasteiger partial charge in [0.25, 0.3) is 0 Å². The van der Waals surface area contributed by atoms with Gasteiger partial charge in [0.1, 0.15) is 0 Å². The van der Waals surface area contributed by atoms with Gasteiger partial charge in [-0.05, 0) is 36.7 Å². The average molecular weight is 443 g/mol. The van der Waals surface area contributed by atoms with Crippen LogP contribution in [0.3, 0.4) is 0 Å². The van der Waals surface area contributed by atoms with Crippen molar-refractivity contribution >= 4 is 17.7 Å². The van der Waals surface area contributed by atoms with E-state index in [4.69, 9.17) is 4.74 Å². The summed E-state index contributed by atoms with van der Waals surface area (Å²) in [4.78, 5) is 12.4. The Balaban J connectivity index is 1.47. The maximum absolute atomic E-state index is 12.4. The van der Waals surface area contributed by atoms with E-state index in [1.165, 1.54) is 30.2 Å². The fourth-order valence-corrected chi connectivity index (χ4v) is 5.23. The zero-order chi connectivity index (χ0) is 21.8. The molecule has 0 unspecified atom stereocenters. The van der Waals surface area contributed by atoms with Gasteiger partial charge >= 0.3 is 0 Å². The predicted octanol–water partition coefficient (Wildman–Crippen LogP) is 4.75. The molecule has 4 rings (SSSR count). The lowest BCUT2D eigenvalue weighted by Gasteiger charge is -2.20. The van der Waals surface area contributed by atoms with Crippen LogP contribution in [0.4, 0.5) is 0 Å². The van der Waals surface area contributed by atoms with Gasteiger partial charge in [-0.15, -0.1) is 10.2 Å². The van der Waals surface area contributed by atoms with Crippen LogP contribution in [0, 0.1) is 0 Å². The van der Waals surface area contributed by atoms with Crippen molar-refractivity contribution < 1.29 is 9.53 Å². The molecule has 2 heterocycles. The van der Waals surface area contributed by atoms with Gasteiger partial charge in [-0.25, -0.2) is 0 Å². The Bertz CT molecular complexity index is 876. The molecule has 6 nitrogen and oxygen atoms in total. The summed E-state index contributed by atoms with van der Waals surface area (Å²) >= 11 is 1.48. The molecule has 2 aromatic rings. The number of hydrogen-bond donors (Lipinski definition) is 1. The van der Waals surface area contributed by atoms with Crippen LogP contribution >= 0.6 is 11.8 Å². The molecule has 1 aromatic heterocycles. The molecule has 7 heteroatoms. The highest BCUT2D eigenvalue weighted by Crippen LogP contribution is 2.37. The van der Waals surface area contributed by atoms with Gasteiger partial charge in [-0.3, -0.25) is 9.36 Å². The monoisotopic (exact) mass is 442 g/mol. The zero-order valence-electron chi connectivity index (χ0n) is 18.9. The molecule has 0 spiro atoms. The highest BCUT2D eigenvalue weighted by atomic mass is 32.2. The van der Waals surface area contributed by atoms with E-state index in [1.807, 2.05) is 0 Å². The predicted molar refractivity (Wildman–Crippen MR) is 124 cm³/mol. The van der Waals surface area contributed by atoms with Gasteiger partial charge in [-0.1, -0.05) is 69.6 Å². The molecular weight excluding hydrogens is 408 g/mol. The van der Waals surface area contributed by atoms with Crippen molar-refractivity contribution in [1.29, 1.82) is 0 Å². The second-order valence-corrected chi connectivity index (χ2v) is 10.6. The van der Waals surface area contributed by atoms with E-state index in [0.29, 0.717) is 18.3 Å². The van der Waals surface area contributed by atoms with Crippen LogP contribution in [0.15, 0.2) is 29.4 Å². The van der Waals surface area contributed by atoms with Gasteiger partial charge in [0.15, 0.2) is 11.0 Å². The van der Waals surface area contributed by atoms with Crippen LogP contribution in [-0.2, 0) is 14.9 Å². The molecule has 1 aliphatic heterocycles. The van der Waals surface area contributed by atoms with E-state index in [0.717, 1.165) is 48.8 Å². The third kappa shape index (κ3) is 5.50.